The van der Waals surface area contributed by atoms with Crippen molar-refractivity contribution in [2.75, 3.05) is 14.2 Å². The van der Waals surface area contributed by atoms with E-state index in [-0.39, 0.29) is 0 Å². The van der Waals surface area contributed by atoms with Gasteiger partial charge in [-0.05, 0) is 17.6 Å². The second-order valence-corrected chi connectivity index (χ2v) is 3.95. The number of hydrogen-bond donors (Lipinski definition) is 0. The fraction of sp³-hybridized carbons (Fsp3) is 0.357. The van der Waals surface area contributed by atoms with Crippen LogP contribution < -0.4 is 9.47 Å². The van der Waals surface area contributed by atoms with Crippen molar-refractivity contribution < 1.29 is 9.47 Å². The van der Waals surface area contributed by atoms with Crippen LogP contribution in [0, 0.1) is 5.92 Å². The van der Waals surface area contributed by atoms with Crippen LogP contribution in [-0.2, 0) is 0 Å². The maximum Gasteiger partial charge on any atom is 0.256 e. The molecule has 0 aromatic carbocycles. The van der Waals surface area contributed by atoms with Gasteiger partial charge >= 0.3 is 0 Å². The van der Waals surface area contributed by atoms with Crippen LogP contribution >= 0.6 is 0 Å². The number of aromatic nitrogens is 1. The van der Waals surface area contributed by atoms with Crippen molar-refractivity contribution >= 4 is 5.57 Å². The van der Waals surface area contributed by atoms with Crippen molar-refractivity contribution in [3.8, 4) is 11.6 Å². The summed E-state index contributed by atoms with van der Waals surface area (Å²) in [6, 6.07) is 1.93. The Labute approximate surface area is 103 Å². The molecule has 1 heterocycles. The van der Waals surface area contributed by atoms with Gasteiger partial charge in [0.15, 0.2) is 5.75 Å². The molecular weight excluding hydrogens is 214 g/mol. The maximum absolute atomic E-state index is 5.24. The van der Waals surface area contributed by atoms with E-state index in [1.165, 1.54) is 5.57 Å². The summed E-state index contributed by atoms with van der Waals surface area (Å²) in [5.41, 5.74) is 2.20. The summed E-state index contributed by atoms with van der Waals surface area (Å²) in [5.74, 6) is 1.53. The summed E-state index contributed by atoms with van der Waals surface area (Å²) >= 11 is 0. The predicted molar refractivity (Wildman–Crippen MR) is 70.4 cm³/mol. The lowest BCUT2D eigenvalue weighted by Gasteiger charge is -2.13. The van der Waals surface area contributed by atoms with E-state index >= 15 is 0 Å². The summed E-state index contributed by atoms with van der Waals surface area (Å²) in [6.45, 7) is 7.99. The zero-order valence-corrected chi connectivity index (χ0v) is 10.9. The molecule has 17 heavy (non-hydrogen) atoms. The fourth-order valence-electron chi connectivity index (χ4n) is 1.64. The van der Waals surface area contributed by atoms with Crippen molar-refractivity contribution in [2.45, 2.75) is 13.8 Å². The van der Waals surface area contributed by atoms with Crippen LogP contribution in [0.4, 0.5) is 0 Å². The standard InChI is InChI=1S/C14H19NO2/c1-6-7-12(10(2)3)11-8-13(16-4)14(17-5)15-9-11/h6-10H,1H2,2-5H3/b12-7+. The number of rotatable bonds is 5. The highest BCUT2D eigenvalue weighted by Gasteiger charge is 2.11. The normalized spacial score (nSPS) is 11.5. The van der Waals surface area contributed by atoms with E-state index in [0.717, 1.165) is 5.56 Å². The Hall–Kier alpha value is -1.77. The molecule has 0 saturated heterocycles. The molecule has 0 saturated carbocycles. The van der Waals surface area contributed by atoms with Gasteiger partial charge in [0.25, 0.3) is 5.88 Å². The van der Waals surface area contributed by atoms with Gasteiger partial charge < -0.3 is 9.47 Å². The first-order chi connectivity index (χ1) is 8.13. The summed E-state index contributed by atoms with van der Waals surface area (Å²) in [4.78, 5) is 4.23. The highest BCUT2D eigenvalue weighted by Crippen LogP contribution is 2.30. The molecule has 1 aromatic rings. The van der Waals surface area contributed by atoms with E-state index in [9.17, 15) is 0 Å². The van der Waals surface area contributed by atoms with Crippen molar-refractivity contribution in [2.24, 2.45) is 5.92 Å². The molecule has 1 rings (SSSR count). The SMILES string of the molecule is C=C/C=C(/c1cnc(OC)c(OC)c1)C(C)C. The second kappa shape index (κ2) is 6.09. The van der Waals surface area contributed by atoms with Crippen LogP contribution in [0.15, 0.2) is 31.0 Å². The van der Waals surface area contributed by atoms with Crippen molar-refractivity contribution in [1.82, 2.24) is 4.98 Å². The topological polar surface area (TPSA) is 31.4 Å². The van der Waals surface area contributed by atoms with E-state index in [2.05, 4.69) is 25.4 Å². The number of hydrogen-bond acceptors (Lipinski definition) is 3. The zero-order valence-electron chi connectivity index (χ0n) is 10.9. The van der Waals surface area contributed by atoms with Crippen LogP contribution in [0.2, 0.25) is 0 Å². The van der Waals surface area contributed by atoms with E-state index in [0.29, 0.717) is 17.5 Å². The predicted octanol–water partition coefficient (Wildman–Crippen LogP) is 3.32. The fourth-order valence-corrected chi connectivity index (χ4v) is 1.64. The van der Waals surface area contributed by atoms with Gasteiger partial charge in [0, 0.05) is 11.8 Å². The Morgan fingerprint density at radius 3 is 2.53 bits per heavy atom. The molecule has 0 aliphatic heterocycles. The van der Waals surface area contributed by atoms with Crippen LogP contribution in [0.3, 0.4) is 0 Å². The molecule has 0 N–H and O–H groups in total. The first-order valence-corrected chi connectivity index (χ1v) is 5.55. The lowest BCUT2D eigenvalue weighted by atomic mass is 9.96. The highest BCUT2D eigenvalue weighted by atomic mass is 16.5. The van der Waals surface area contributed by atoms with E-state index in [1.54, 1.807) is 26.5 Å². The van der Waals surface area contributed by atoms with Gasteiger partial charge in [-0.1, -0.05) is 32.6 Å². The average molecular weight is 233 g/mol. The van der Waals surface area contributed by atoms with E-state index in [4.69, 9.17) is 9.47 Å². The Morgan fingerprint density at radius 1 is 1.35 bits per heavy atom. The molecule has 3 nitrogen and oxygen atoms in total. The zero-order chi connectivity index (χ0) is 12.8. The quantitative estimate of drug-likeness (QED) is 0.731. The van der Waals surface area contributed by atoms with Crippen LogP contribution in [0.5, 0.6) is 11.6 Å². The van der Waals surface area contributed by atoms with Crippen LogP contribution in [0.1, 0.15) is 19.4 Å². The van der Waals surface area contributed by atoms with Gasteiger partial charge in [-0.15, -0.1) is 0 Å². The monoisotopic (exact) mass is 233 g/mol. The van der Waals surface area contributed by atoms with E-state index in [1.807, 2.05) is 12.1 Å². The first-order valence-electron chi connectivity index (χ1n) is 5.55. The smallest absolute Gasteiger partial charge is 0.256 e. The number of nitrogens with zero attached hydrogens (tertiary/aromatic N) is 1. The molecule has 0 spiro atoms. The van der Waals surface area contributed by atoms with Crippen LogP contribution in [-0.4, -0.2) is 19.2 Å². The Morgan fingerprint density at radius 2 is 2.06 bits per heavy atom. The average Bonchev–Trinajstić information content (AvgIpc) is 2.34. The highest BCUT2D eigenvalue weighted by molar-refractivity contribution is 5.69. The van der Waals surface area contributed by atoms with Crippen molar-refractivity contribution in [1.29, 1.82) is 0 Å². The lowest BCUT2D eigenvalue weighted by Crippen LogP contribution is -1.98. The Kier molecular flexibility index (Phi) is 4.76. The maximum atomic E-state index is 5.24. The minimum Gasteiger partial charge on any atom is -0.491 e. The third-order valence-electron chi connectivity index (χ3n) is 2.48. The third kappa shape index (κ3) is 3.09. The lowest BCUT2D eigenvalue weighted by molar-refractivity contribution is 0.343. The molecule has 0 fully saturated rings. The second-order valence-electron chi connectivity index (χ2n) is 3.95. The Balaban J connectivity index is 3.22. The molecule has 0 radical (unpaired) electrons. The van der Waals surface area contributed by atoms with Gasteiger partial charge in [0.2, 0.25) is 0 Å². The molecule has 0 aliphatic carbocycles. The molecule has 0 aliphatic rings. The molecule has 92 valence electrons. The van der Waals surface area contributed by atoms with Gasteiger partial charge in [-0.3, -0.25) is 0 Å². The summed E-state index contributed by atoms with van der Waals surface area (Å²) in [5, 5.41) is 0. The largest absolute Gasteiger partial charge is 0.491 e. The molecule has 3 heteroatoms. The molecule has 0 atom stereocenters. The third-order valence-corrected chi connectivity index (χ3v) is 2.48. The summed E-state index contributed by atoms with van der Waals surface area (Å²) in [6.07, 6.45) is 5.57. The number of allylic oxidation sites excluding steroid dienone is 3. The molecule has 0 amide bonds. The first kappa shape index (κ1) is 13.3. The van der Waals surface area contributed by atoms with Gasteiger partial charge in [-0.2, -0.15) is 0 Å². The summed E-state index contributed by atoms with van der Waals surface area (Å²) < 4.78 is 10.4. The molecule has 1 aromatic heterocycles. The number of ether oxygens (including phenoxy) is 2. The number of pyridine rings is 1. The van der Waals surface area contributed by atoms with Gasteiger partial charge in [-0.25, -0.2) is 4.98 Å². The minimum absolute atomic E-state index is 0.396. The Bertz CT molecular complexity index is 422. The van der Waals surface area contributed by atoms with Crippen molar-refractivity contribution in [3.63, 3.8) is 0 Å². The minimum atomic E-state index is 0.396. The van der Waals surface area contributed by atoms with Crippen molar-refractivity contribution in [3.05, 3.63) is 36.6 Å². The number of methoxy groups -OCH3 is 2. The van der Waals surface area contributed by atoms with Gasteiger partial charge in [0.1, 0.15) is 0 Å². The molecule has 0 bridgehead atoms. The van der Waals surface area contributed by atoms with Gasteiger partial charge in [0.05, 0.1) is 14.2 Å². The summed E-state index contributed by atoms with van der Waals surface area (Å²) in [7, 11) is 3.18. The molecule has 0 unspecified atom stereocenters. The van der Waals surface area contributed by atoms with Crippen LogP contribution in [0.25, 0.3) is 5.57 Å². The molecular formula is C14H19NO2. The van der Waals surface area contributed by atoms with E-state index < -0.39 is 0 Å².